The maximum absolute atomic E-state index is 11.8. The molecule has 2 rings (SSSR count). The van der Waals surface area contributed by atoms with Crippen molar-refractivity contribution in [3.05, 3.63) is 12.3 Å². The lowest BCUT2D eigenvalue weighted by molar-refractivity contribution is -0.137. The Labute approximate surface area is 104 Å². The molecule has 0 saturated carbocycles. The molecule has 7 nitrogen and oxygen atoms in total. The highest BCUT2D eigenvalue weighted by molar-refractivity contribution is 5.88. The average molecular weight is 252 g/mol. The number of aromatic nitrogens is 2. The van der Waals surface area contributed by atoms with Crippen LogP contribution >= 0.6 is 0 Å². The first kappa shape index (κ1) is 12.4. The Balaban J connectivity index is 1.91. The maximum atomic E-state index is 11.8. The number of carbonyl (C=O) groups excluding carboxylic acids is 1. The molecule has 1 saturated heterocycles. The van der Waals surface area contributed by atoms with Gasteiger partial charge in [-0.3, -0.25) is 14.8 Å². The fourth-order valence-electron chi connectivity index (χ4n) is 1.96. The second-order valence-corrected chi connectivity index (χ2v) is 4.56. The van der Waals surface area contributed by atoms with Crippen LogP contribution in [0, 0.1) is 5.92 Å². The van der Waals surface area contributed by atoms with Crippen molar-refractivity contribution in [3.8, 4) is 0 Å². The van der Waals surface area contributed by atoms with E-state index in [0.29, 0.717) is 11.7 Å². The quantitative estimate of drug-likeness (QED) is 0.834. The van der Waals surface area contributed by atoms with Gasteiger partial charge in [-0.15, -0.1) is 0 Å². The molecule has 0 spiro atoms. The van der Waals surface area contributed by atoms with Crippen LogP contribution in [0.15, 0.2) is 12.3 Å². The Hall–Kier alpha value is -2.05. The third-order valence-electron chi connectivity index (χ3n) is 2.88. The molecule has 1 aromatic heterocycles. The van der Waals surface area contributed by atoms with Gasteiger partial charge in [-0.2, -0.15) is 5.10 Å². The van der Waals surface area contributed by atoms with Gasteiger partial charge in [0.05, 0.1) is 0 Å². The van der Waals surface area contributed by atoms with Gasteiger partial charge in [0.25, 0.3) is 0 Å². The number of hydrogen-bond donors (Lipinski definition) is 2. The molecule has 18 heavy (non-hydrogen) atoms. The molecule has 2 heterocycles. The van der Waals surface area contributed by atoms with Crippen molar-refractivity contribution in [1.82, 2.24) is 14.7 Å². The summed E-state index contributed by atoms with van der Waals surface area (Å²) in [5.41, 5.74) is 0. The smallest absolute Gasteiger partial charge is 0.325 e. The first-order valence-corrected chi connectivity index (χ1v) is 5.86. The topological polar surface area (TPSA) is 87.5 Å². The fourth-order valence-corrected chi connectivity index (χ4v) is 1.96. The van der Waals surface area contributed by atoms with Crippen LogP contribution in [0.2, 0.25) is 0 Å². The number of amides is 2. The zero-order chi connectivity index (χ0) is 13.1. The third-order valence-corrected chi connectivity index (χ3v) is 2.88. The maximum Gasteiger partial charge on any atom is 0.325 e. The second-order valence-electron chi connectivity index (χ2n) is 4.56. The van der Waals surface area contributed by atoms with Gasteiger partial charge < -0.3 is 10.0 Å². The second kappa shape index (κ2) is 5.07. The SMILES string of the molecule is C[C@H]1CCN(C(=O)Nc2ccn(CC(=O)O)n2)C1. The van der Waals surface area contributed by atoms with Gasteiger partial charge in [0.15, 0.2) is 5.82 Å². The van der Waals surface area contributed by atoms with E-state index in [0.717, 1.165) is 19.5 Å². The normalized spacial score (nSPS) is 18.9. The summed E-state index contributed by atoms with van der Waals surface area (Å²) in [5.74, 6) is -0.0644. The molecule has 98 valence electrons. The molecule has 2 N–H and O–H groups in total. The number of anilines is 1. The minimum absolute atomic E-state index is 0.181. The summed E-state index contributed by atoms with van der Waals surface area (Å²) in [6.45, 7) is 3.40. The highest BCUT2D eigenvalue weighted by Gasteiger charge is 2.23. The first-order chi connectivity index (χ1) is 8.54. The molecule has 0 aliphatic carbocycles. The molecule has 1 aliphatic heterocycles. The molecular weight excluding hydrogens is 236 g/mol. The average Bonchev–Trinajstić information content (AvgIpc) is 2.87. The lowest BCUT2D eigenvalue weighted by atomic mass is 10.2. The predicted molar refractivity (Wildman–Crippen MR) is 64.2 cm³/mol. The fraction of sp³-hybridized carbons (Fsp3) is 0.545. The highest BCUT2D eigenvalue weighted by Crippen LogP contribution is 2.16. The van der Waals surface area contributed by atoms with Gasteiger partial charge in [0.1, 0.15) is 6.54 Å². The Bertz CT molecular complexity index is 457. The van der Waals surface area contributed by atoms with E-state index < -0.39 is 5.97 Å². The summed E-state index contributed by atoms with van der Waals surface area (Å²) < 4.78 is 1.27. The zero-order valence-corrected chi connectivity index (χ0v) is 10.2. The number of nitrogens with one attached hydrogen (secondary N) is 1. The van der Waals surface area contributed by atoms with Crippen molar-refractivity contribution in [3.63, 3.8) is 0 Å². The Morgan fingerprint density at radius 2 is 2.39 bits per heavy atom. The van der Waals surface area contributed by atoms with Gasteiger partial charge in [-0.25, -0.2) is 4.79 Å². The first-order valence-electron chi connectivity index (χ1n) is 5.86. The Morgan fingerprint density at radius 3 is 3.00 bits per heavy atom. The van der Waals surface area contributed by atoms with Crippen LogP contribution in [-0.2, 0) is 11.3 Å². The lowest BCUT2D eigenvalue weighted by Gasteiger charge is -2.15. The Kier molecular flexibility index (Phi) is 3.50. The van der Waals surface area contributed by atoms with Crippen LogP contribution in [0.25, 0.3) is 0 Å². The number of aliphatic carboxylic acids is 1. The van der Waals surface area contributed by atoms with Crippen molar-refractivity contribution < 1.29 is 14.7 Å². The van der Waals surface area contributed by atoms with E-state index in [1.165, 1.54) is 10.9 Å². The molecule has 1 fully saturated rings. The van der Waals surface area contributed by atoms with E-state index in [-0.39, 0.29) is 12.6 Å². The summed E-state index contributed by atoms with van der Waals surface area (Å²) in [6.07, 6.45) is 2.54. The molecule has 1 aromatic rings. The number of carbonyl (C=O) groups is 2. The van der Waals surface area contributed by atoms with Crippen molar-refractivity contribution in [1.29, 1.82) is 0 Å². The standard InChI is InChI=1S/C11H16N4O3/c1-8-2-4-14(6-8)11(18)12-9-3-5-15(13-9)7-10(16)17/h3,5,8H,2,4,6-7H2,1H3,(H,16,17)(H,12,13,18)/t8-/m0/s1. The molecule has 2 amide bonds. The zero-order valence-electron chi connectivity index (χ0n) is 10.2. The van der Waals surface area contributed by atoms with Crippen molar-refractivity contribution in [2.24, 2.45) is 5.92 Å². The van der Waals surface area contributed by atoms with Crippen LogP contribution in [-0.4, -0.2) is 44.9 Å². The van der Waals surface area contributed by atoms with E-state index in [1.54, 1.807) is 11.0 Å². The number of urea groups is 1. The van der Waals surface area contributed by atoms with Crippen molar-refractivity contribution >= 4 is 17.8 Å². The van der Waals surface area contributed by atoms with Gasteiger partial charge in [0, 0.05) is 25.4 Å². The minimum Gasteiger partial charge on any atom is -0.480 e. The summed E-state index contributed by atoms with van der Waals surface area (Å²) in [4.78, 5) is 24.1. The number of rotatable bonds is 3. The summed E-state index contributed by atoms with van der Waals surface area (Å²) in [7, 11) is 0. The van der Waals surface area contributed by atoms with Crippen LogP contribution in [0.3, 0.4) is 0 Å². The molecule has 1 atom stereocenters. The van der Waals surface area contributed by atoms with E-state index in [4.69, 9.17) is 5.11 Å². The van der Waals surface area contributed by atoms with Crippen LogP contribution < -0.4 is 5.32 Å². The predicted octanol–water partition coefficient (Wildman–Crippen LogP) is 0.841. The Morgan fingerprint density at radius 1 is 1.61 bits per heavy atom. The van der Waals surface area contributed by atoms with Crippen LogP contribution in [0.1, 0.15) is 13.3 Å². The van der Waals surface area contributed by atoms with E-state index >= 15 is 0 Å². The molecule has 0 radical (unpaired) electrons. The largest absolute Gasteiger partial charge is 0.480 e. The molecule has 0 bridgehead atoms. The summed E-state index contributed by atoms with van der Waals surface area (Å²) >= 11 is 0. The van der Waals surface area contributed by atoms with Crippen molar-refractivity contribution in [2.75, 3.05) is 18.4 Å². The van der Waals surface area contributed by atoms with Gasteiger partial charge in [0.2, 0.25) is 0 Å². The highest BCUT2D eigenvalue weighted by atomic mass is 16.4. The summed E-state index contributed by atoms with van der Waals surface area (Å²) in [5, 5.41) is 15.2. The van der Waals surface area contributed by atoms with Gasteiger partial charge in [-0.1, -0.05) is 6.92 Å². The summed E-state index contributed by atoms with van der Waals surface area (Å²) in [6, 6.07) is 1.40. The van der Waals surface area contributed by atoms with E-state index in [1.807, 2.05) is 0 Å². The molecule has 1 aliphatic rings. The number of carboxylic acid groups (broad SMARTS) is 1. The number of likely N-dealkylation sites (tertiary alicyclic amines) is 1. The van der Waals surface area contributed by atoms with Crippen LogP contribution in [0.4, 0.5) is 10.6 Å². The number of hydrogen-bond acceptors (Lipinski definition) is 3. The number of carboxylic acids is 1. The molecular formula is C11H16N4O3. The lowest BCUT2D eigenvalue weighted by Crippen LogP contribution is -2.33. The minimum atomic E-state index is -0.968. The van der Waals surface area contributed by atoms with Crippen molar-refractivity contribution in [2.45, 2.75) is 19.9 Å². The monoisotopic (exact) mass is 252 g/mol. The number of nitrogens with zero attached hydrogens (tertiary/aromatic N) is 3. The third kappa shape index (κ3) is 2.99. The molecule has 7 heteroatoms. The molecule has 0 unspecified atom stereocenters. The van der Waals surface area contributed by atoms with Gasteiger partial charge in [-0.05, 0) is 12.3 Å². The van der Waals surface area contributed by atoms with Crippen LogP contribution in [0.5, 0.6) is 0 Å². The van der Waals surface area contributed by atoms with E-state index in [9.17, 15) is 9.59 Å². The molecule has 0 aromatic carbocycles. The van der Waals surface area contributed by atoms with E-state index in [2.05, 4.69) is 17.3 Å². The van der Waals surface area contributed by atoms with Gasteiger partial charge >= 0.3 is 12.0 Å².